The summed E-state index contributed by atoms with van der Waals surface area (Å²) in [6.07, 6.45) is 3.69. The van der Waals surface area contributed by atoms with Crippen LogP contribution in [-0.4, -0.2) is 17.2 Å². The molecule has 0 radical (unpaired) electrons. The summed E-state index contributed by atoms with van der Waals surface area (Å²) < 4.78 is 5.11. The predicted octanol–water partition coefficient (Wildman–Crippen LogP) is 2.11. The van der Waals surface area contributed by atoms with E-state index in [4.69, 9.17) is 4.74 Å². The fourth-order valence-electron chi connectivity index (χ4n) is 1.30. The molecule has 0 bridgehead atoms. The van der Waals surface area contributed by atoms with Gasteiger partial charge in [0.05, 0.1) is 5.56 Å². The number of aldehydes is 1. The molecule has 1 aromatic carbocycles. The number of pyridine rings is 1. The highest BCUT2D eigenvalue weighted by Gasteiger charge is 2.08. The highest BCUT2D eigenvalue weighted by molar-refractivity contribution is 5.90. The van der Waals surface area contributed by atoms with Crippen LogP contribution >= 0.6 is 0 Å². The Morgan fingerprint density at radius 2 is 2.12 bits per heavy atom. The molecule has 0 atom stereocenters. The molecule has 0 aliphatic heterocycles. The molecular formula is C13H9NO3. The van der Waals surface area contributed by atoms with Gasteiger partial charge in [-0.3, -0.25) is 9.78 Å². The zero-order valence-corrected chi connectivity index (χ0v) is 8.87. The molecule has 4 heteroatoms. The first-order valence-corrected chi connectivity index (χ1v) is 4.97. The van der Waals surface area contributed by atoms with E-state index in [2.05, 4.69) is 4.98 Å². The molecule has 0 aliphatic rings. The van der Waals surface area contributed by atoms with Gasteiger partial charge in [-0.15, -0.1) is 0 Å². The van der Waals surface area contributed by atoms with Crippen molar-refractivity contribution < 1.29 is 14.3 Å². The Balaban J connectivity index is 2.16. The topological polar surface area (TPSA) is 56.3 Å². The first-order valence-electron chi connectivity index (χ1n) is 4.97. The Bertz CT molecular complexity index is 537. The second-order valence-corrected chi connectivity index (χ2v) is 3.32. The third-order valence-electron chi connectivity index (χ3n) is 2.10. The molecule has 2 aromatic rings. The van der Waals surface area contributed by atoms with Crippen molar-refractivity contribution in [1.29, 1.82) is 0 Å². The van der Waals surface area contributed by atoms with Crippen LogP contribution in [0.25, 0.3) is 0 Å². The van der Waals surface area contributed by atoms with Crippen molar-refractivity contribution in [2.75, 3.05) is 0 Å². The van der Waals surface area contributed by atoms with E-state index >= 15 is 0 Å². The molecule has 17 heavy (non-hydrogen) atoms. The molecule has 1 aromatic heterocycles. The van der Waals surface area contributed by atoms with E-state index in [1.165, 1.54) is 12.3 Å². The summed E-state index contributed by atoms with van der Waals surface area (Å²) in [5.74, 6) is -0.162. The SMILES string of the molecule is O=Cc1cccc(OC(=O)c2cccnc2)c1. The first kappa shape index (κ1) is 11.0. The molecule has 84 valence electrons. The standard InChI is InChI=1S/C13H9NO3/c15-9-10-3-1-5-12(7-10)17-13(16)11-4-2-6-14-8-11/h1-9H. The van der Waals surface area contributed by atoms with Crippen LogP contribution < -0.4 is 4.74 Å². The number of hydrogen-bond acceptors (Lipinski definition) is 4. The lowest BCUT2D eigenvalue weighted by Gasteiger charge is -2.03. The lowest BCUT2D eigenvalue weighted by atomic mass is 10.2. The van der Waals surface area contributed by atoms with Crippen molar-refractivity contribution in [3.63, 3.8) is 0 Å². The van der Waals surface area contributed by atoms with Crippen molar-refractivity contribution >= 4 is 12.3 Å². The van der Waals surface area contributed by atoms with Gasteiger partial charge >= 0.3 is 5.97 Å². The first-order chi connectivity index (χ1) is 8.29. The minimum atomic E-state index is -0.499. The van der Waals surface area contributed by atoms with Crippen molar-refractivity contribution in [3.8, 4) is 5.75 Å². The summed E-state index contributed by atoms with van der Waals surface area (Å²) in [5, 5.41) is 0. The van der Waals surface area contributed by atoms with Crippen LogP contribution in [0.1, 0.15) is 20.7 Å². The quantitative estimate of drug-likeness (QED) is 0.458. The zero-order chi connectivity index (χ0) is 12.1. The normalized spacial score (nSPS) is 9.65. The number of benzene rings is 1. The van der Waals surface area contributed by atoms with Gasteiger partial charge in [0.2, 0.25) is 0 Å². The molecule has 0 spiro atoms. The Morgan fingerprint density at radius 3 is 2.82 bits per heavy atom. The molecule has 2 rings (SSSR count). The van der Waals surface area contributed by atoms with Crippen LogP contribution in [0.5, 0.6) is 5.75 Å². The number of hydrogen-bond donors (Lipinski definition) is 0. The lowest BCUT2D eigenvalue weighted by Crippen LogP contribution is -2.08. The van der Waals surface area contributed by atoms with E-state index < -0.39 is 5.97 Å². The monoisotopic (exact) mass is 227 g/mol. The van der Waals surface area contributed by atoms with Crippen LogP contribution in [0.15, 0.2) is 48.8 Å². The second kappa shape index (κ2) is 5.03. The third kappa shape index (κ3) is 2.75. The molecule has 0 N–H and O–H groups in total. The van der Waals surface area contributed by atoms with Gasteiger partial charge in [0.15, 0.2) is 0 Å². The maximum absolute atomic E-state index is 11.7. The van der Waals surface area contributed by atoms with Gasteiger partial charge in [-0.25, -0.2) is 4.79 Å². The van der Waals surface area contributed by atoms with Crippen LogP contribution in [-0.2, 0) is 0 Å². The Hall–Kier alpha value is -2.49. The molecule has 4 nitrogen and oxygen atoms in total. The van der Waals surface area contributed by atoms with Crippen molar-refractivity contribution in [2.45, 2.75) is 0 Å². The van der Waals surface area contributed by atoms with E-state index in [-0.39, 0.29) is 0 Å². The largest absolute Gasteiger partial charge is 0.423 e. The number of carbonyl (C=O) groups excluding carboxylic acids is 2. The van der Waals surface area contributed by atoms with E-state index in [1.807, 2.05) is 0 Å². The number of ether oxygens (including phenoxy) is 1. The predicted molar refractivity (Wildman–Crippen MR) is 61.0 cm³/mol. The highest BCUT2D eigenvalue weighted by atomic mass is 16.5. The number of esters is 1. The highest BCUT2D eigenvalue weighted by Crippen LogP contribution is 2.13. The minimum absolute atomic E-state index is 0.337. The average molecular weight is 227 g/mol. The maximum Gasteiger partial charge on any atom is 0.345 e. The van der Waals surface area contributed by atoms with Crippen LogP contribution in [0.4, 0.5) is 0 Å². The summed E-state index contributed by atoms with van der Waals surface area (Å²) >= 11 is 0. The molecular weight excluding hydrogens is 218 g/mol. The Labute approximate surface area is 97.9 Å². The average Bonchev–Trinajstić information content (AvgIpc) is 2.40. The van der Waals surface area contributed by atoms with E-state index in [9.17, 15) is 9.59 Å². The third-order valence-corrected chi connectivity index (χ3v) is 2.10. The number of nitrogens with zero attached hydrogens (tertiary/aromatic N) is 1. The fraction of sp³-hybridized carbons (Fsp3) is 0. The summed E-state index contributed by atoms with van der Waals surface area (Å²) in [5.41, 5.74) is 0.825. The molecule has 0 amide bonds. The van der Waals surface area contributed by atoms with E-state index in [0.717, 1.165) is 0 Å². The Kier molecular flexibility index (Phi) is 3.25. The molecule has 0 unspecified atom stereocenters. The summed E-state index contributed by atoms with van der Waals surface area (Å²) in [6.45, 7) is 0. The summed E-state index contributed by atoms with van der Waals surface area (Å²) in [4.78, 5) is 26.1. The lowest BCUT2D eigenvalue weighted by molar-refractivity contribution is 0.0733. The van der Waals surface area contributed by atoms with E-state index in [0.29, 0.717) is 23.2 Å². The van der Waals surface area contributed by atoms with Gasteiger partial charge in [0.25, 0.3) is 0 Å². The van der Waals surface area contributed by atoms with E-state index in [1.54, 1.807) is 36.5 Å². The molecule has 0 aliphatic carbocycles. The number of aromatic nitrogens is 1. The van der Waals surface area contributed by atoms with Gasteiger partial charge in [-0.1, -0.05) is 12.1 Å². The number of carbonyl (C=O) groups is 2. The van der Waals surface area contributed by atoms with Gasteiger partial charge in [-0.2, -0.15) is 0 Å². The molecule has 0 saturated heterocycles. The van der Waals surface area contributed by atoms with Gasteiger partial charge in [0.1, 0.15) is 12.0 Å². The smallest absolute Gasteiger partial charge is 0.345 e. The zero-order valence-electron chi connectivity index (χ0n) is 8.87. The van der Waals surface area contributed by atoms with Crippen molar-refractivity contribution in [3.05, 3.63) is 59.9 Å². The van der Waals surface area contributed by atoms with Crippen molar-refractivity contribution in [2.24, 2.45) is 0 Å². The van der Waals surface area contributed by atoms with Crippen LogP contribution in [0, 0.1) is 0 Å². The molecule has 0 fully saturated rings. The minimum Gasteiger partial charge on any atom is -0.423 e. The maximum atomic E-state index is 11.7. The number of rotatable bonds is 3. The van der Waals surface area contributed by atoms with Gasteiger partial charge < -0.3 is 4.74 Å². The van der Waals surface area contributed by atoms with Gasteiger partial charge in [-0.05, 0) is 24.3 Å². The van der Waals surface area contributed by atoms with Gasteiger partial charge in [0, 0.05) is 18.0 Å². The summed E-state index contributed by atoms with van der Waals surface area (Å²) in [7, 11) is 0. The summed E-state index contributed by atoms with van der Waals surface area (Å²) in [6, 6.07) is 9.66. The van der Waals surface area contributed by atoms with Crippen LogP contribution in [0.2, 0.25) is 0 Å². The Morgan fingerprint density at radius 1 is 1.24 bits per heavy atom. The fourth-order valence-corrected chi connectivity index (χ4v) is 1.30. The molecule has 0 saturated carbocycles. The van der Waals surface area contributed by atoms with Crippen LogP contribution in [0.3, 0.4) is 0 Å². The molecule has 1 heterocycles. The van der Waals surface area contributed by atoms with Crippen molar-refractivity contribution in [1.82, 2.24) is 4.98 Å². The second-order valence-electron chi connectivity index (χ2n) is 3.32.